The summed E-state index contributed by atoms with van der Waals surface area (Å²) in [4.78, 5) is 11.4. The van der Waals surface area contributed by atoms with Crippen LogP contribution in [0.5, 0.6) is 0 Å². The molecule has 1 rings (SSSR count). The number of carbonyl (C=O) groups excluding carboxylic acids is 1. The zero-order valence-electron chi connectivity index (χ0n) is 10.9. The summed E-state index contributed by atoms with van der Waals surface area (Å²) in [6.07, 6.45) is 0.559. The molecule has 0 aliphatic heterocycles. The number of amides is 1. The first-order valence-electron chi connectivity index (χ1n) is 5.98. The van der Waals surface area contributed by atoms with Gasteiger partial charge >= 0.3 is 0 Å². The highest BCUT2D eigenvalue weighted by atomic mass is 35.5. The smallest absolute Gasteiger partial charge is 0.220 e. The van der Waals surface area contributed by atoms with Crippen LogP contribution >= 0.6 is 24.0 Å². The molecular weight excluding hydrogens is 287 g/mol. The summed E-state index contributed by atoms with van der Waals surface area (Å²) in [5, 5.41) is 16.2. The Labute approximate surface area is 124 Å². The van der Waals surface area contributed by atoms with E-state index >= 15 is 0 Å². The van der Waals surface area contributed by atoms with E-state index in [4.69, 9.17) is 11.6 Å². The highest BCUT2D eigenvalue weighted by Crippen LogP contribution is 2.15. The second-order valence-corrected chi connectivity index (χ2v) is 4.51. The number of halogens is 2. The predicted molar refractivity (Wildman–Crippen MR) is 79.8 cm³/mol. The van der Waals surface area contributed by atoms with Crippen molar-refractivity contribution in [3.63, 3.8) is 0 Å². The van der Waals surface area contributed by atoms with Crippen LogP contribution in [0.15, 0.2) is 24.3 Å². The topological polar surface area (TPSA) is 61.4 Å². The first-order valence-corrected chi connectivity index (χ1v) is 6.36. The van der Waals surface area contributed by atoms with Gasteiger partial charge in [-0.05, 0) is 37.7 Å². The molecule has 1 aromatic carbocycles. The molecule has 0 aliphatic rings. The number of aliphatic hydroxyl groups excluding tert-OH is 1. The highest BCUT2D eigenvalue weighted by molar-refractivity contribution is 6.30. The third kappa shape index (κ3) is 7.38. The van der Waals surface area contributed by atoms with Crippen LogP contribution in [0.3, 0.4) is 0 Å². The maximum atomic E-state index is 11.4. The van der Waals surface area contributed by atoms with Gasteiger partial charge < -0.3 is 15.7 Å². The lowest BCUT2D eigenvalue weighted by Crippen LogP contribution is -2.28. The molecule has 0 bridgehead atoms. The Hall–Kier alpha value is -0.810. The SMILES string of the molecule is CNCCCC(=O)NCC(O)c1ccc(Cl)cc1.Cl. The summed E-state index contributed by atoms with van der Waals surface area (Å²) < 4.78 is 0. The van der Waals surface area contributed by atoms with Crippen molar-refractivity contribution in [3.8, 4) is 0 Å². The molecule has 19 heavy (non-hydrogen) atoms. The van der Waals surface area contributed by atoms with Crippen LogP contribution in [-0.2, 0) is 4.79 Å². The Morgan fingerprint density at radius 2 is 2.00 bits per heavy atom. The summed E-state index contributed by atoms with van der Waals surface area (Å²) in [6, 6.07) is 6.93. The summed E-state index contributed by atoms with van der Waals surface area (Å²) in [5.41, 5.74) is 0.745. The van der Waals surface area contributed by atoms with Gasteiger partial charge in [-0.25, -0.2) is 0 Å². The fraction of sp³-hybridized carbons (Fsp3) is 0.462. The Bertz CT molecular complexity index is 371. The van der Waals surface area contributed by atoms with E-state index in [1.165, 1.54) is 0 Å². The molecule has 108 valence electrons. The normalized spacial score (nSPS) is 11.5. The Morgan fingerprint density at radius 3 is 2.58 bits per heavy atom. The van der Waals surface area contributed by atoms with E-state index in [-0.39, 0.29) is 24.9 Å². The van der Waals surface area contributed by atoms with E-state index in [2.05, 4.69) is 10.6 Å². The second kappa shape index (κ2) is 10.0. The van der Waals surface area contributed by atoms with Gasteiger partial charge in [-0.15, -0.1) is 12.4 Å². The van der Waals surface area contributed by atoms with Crippen molar-refractivity contribution in [2.75, 3.05) is 20.1 Å². The number of carbonyl (C=O) groups is 1. The second-order valence-electron chi connectivity index (χ2n) is 4.08. The van der Waals surface area contributed by atoms with E-state index in [1.54, 1.807) is 24.3 Å². The van der Waals surface area contributed by atoms with Gasteiger partial charge in [0, 0.05) is 18.0 Å². The highest BCUT2D eigenvalue weighted by Gasteiger charge is 2.09. The van der Waals surface area contributed by atoms with E-state index in [0.29, 0.717) is 11.4 Å². The number of aliphatic hydroxyl groups is 1. The molecule has 1 amide bonds. The number of nitrogens with one attached hydrogen (secondary N) is 2. The quantitative estimate of drug-likeness (QED) is 0.674. The van der Waals surface area contributed by atoms with Crippen LogP contribution in [0.4, 0.5) is 0 Å². The monoisotopic (exact) mass is 306 g/mol. The van der Waals surface area contributed by atoms with Gasteiger partial charge in [-0.2, -0.15) is 0 Å². The van der Waals surface area contributed by atoms with Crippen LogP contribution in [0, 0.1) is 0 Å². The maximum Gasteiger partial charge on any atom is 0.220 e. The van der Waals surface area contributed by atoms with E-state index in [9.17, 15) is 9.90 Å². The van der Waals surface area contributed by atoms with Crippen molar-refractivity contribution in [1.82, 2.24) is 10.6 Å². The van der Waals surface area contributed by atoms with Crippen molar-refractivity contribution in [2.24, 2.45) is 0 Å². The van der Waals surface area contributed by atoms with Crippen molar-refractivity contribution >= 4 is 29.9 Å². The lowest BCUT2D eigenvalue weighted by atomic mass is 10.1. The summed E-state index contributed by atoms with van der Waals surface area (Å²) in [7, 11) is 1.85. The van der Waals surface area contributed by atoms with Crippen LogP contribution in [-0.4, -0.2) is 31.2 Å². The average Bonchev–Trinajstić information content (AvgIpc) is 2.37. The fourth-order valence-electron chi connectivity index (χ4n) is 1.53. The summed E-state index contributed by atoms with van der Waals surface area (Å²) in [5.74, 6) is -0.0433. The molecule has 0 aromatic heterocycles. The Kier molecular flexibility index (Phi) is 9.61. The van der Waals surface area contributed by atoms with Gasteiger partial charge in [-0.3, -0.25) is 4.79 Å². The minimum atomic E-state index is -0.699. The molecule has 1 unspecified atom stereocenters. The molecule has 0 heterocycles. The van der Waals surface area contributed by atoms with Crippen LogP contribution < -0.4 is 10.6 Å². The number of hydrogen-bond donors (Lipinski definition) is 3. The predicted octanol–water partition coefficient (Wildman–Crippen LogP) is 1.91. The van der Waals surface area contributed by atoms with Crippen LogP contribution in [0.2, 0.25) is 5.02 Å². The Morgan fingerprint density at radius 1 is 1.37 bits per heavy atom. The van der Waals surface area contributed by atoms with Crippen molar-refractivity contribution in [3.05, 3.63) is 34.9 Å². The molecule has 0 fully saturated rings. The largest absolute Gasteiger partial charge is 0.387 e. The number of hydrogen-bond acceptors (Lipinski definition) is 3. The van der Waals surface area contributed by atoms with Gasteiger partial charge in [0.1, 0.15) is 0 Å². The lowest BCUT2D eigenvalue weighted by molar-refractivity contribution is -0.121. The molecule has 1 aromatic rings. The standard InChI is InChI=1S/C13H19ClN2O2.ClH/c1-15-8-2-3-13(18)16-9-12(17)10-4-6-11(14)7-5-10;/h4-7,12,15,17H,2-3,8-9H2,1H3,(H,16,18);1H. The molecule has 0 aliphatic carbocycles. The third-order valence-electron chi connectivity index (χ3n) is 2.58. The first-order chi connectivity index (χ1) is 8.63. The molecule has 3 N–H and O–H groups in total. The Balaban J connectivity index is 0.00000324. The van der Waals surface area contributed by atoms with Crippen molar-refractivity contribution in [2.45, 2.75) is 18.9 Å². The van der Waals surface area contributed by atoms with Gasteiger partial charge in [0.25, 0.3) is 0 Å². The van der Waals surface area contributed by atoms with Gasteiger partial charge in [0.15, 0.2) is 0 Å². The lowest BCUT2D eigenvalue weighted by Gasteiger charge is -2.12. The summed E-state index contributed by atoms with van der Waals surface area (Å²) in [6.45, 7) is 1.03. The number of rotatable bonds is 7. The van der Waals surface area contributed by atoms with Crippen LogP contribution in [0.1, 0.15) is 24.5 Å². The van der Waals surface area contributed by atoms with Gasteiger partial charge in [-0.1, -0.05) is 23.7 Å². The summed E-state index contributed by atoms with van der Waals surface area (Å²) >= 11 is 5.76. The van der Waals surface area contributed by atoms with E-state index < -0.39 is 6.10 Å². The molecule has 6 heteroatoms. The minimum absolute atomic E-state index is 0. The van der Waals surface area contributed by atoms with E-state index in [0.717, 1.165) is 18.5 Å². The molecule has 0 saturated heterocycles. The van der Waals surface area contributed by atoms with Crippen molar-refractivity contribution < 1.29 is 9.90 Å². The molecule has 0 spiro atoms. The minimum Gasteiger partial charge on any atom is -0.387 e. The fourth-order valence-corrected chi connectivity index (χ4v) is 1.65. The zero-order chi connectivity index (χ0) is 13.4. The van der Waals surface area contributed by atoms with Gasteiger partial charge in [0.2, 0.25) is 5.91 Å². The van der Waals surface area contributed by atoms with E-state index in [1.807, 2.05) is 7.05 Å². The first kappa shape index (κ1) is 18.2. The molecule has 0 saturated carbocycles. The molecular formula is C13H20Cl2N2O2. The van der Waals surface area contributed by atoms with Crippen LogP contribution in [0.25, 0.3) is 0 Å². The third-order valence-corrected chi connectivity index (χ3v) is 2.83. The molecule has 0 radical (unpaired) electrons. The molecule has 1 atom stereocenters. The van der Waals surface area contributed by atoms with Crippen molar-refractivity contribution in [1.29, 1.82) is 0 Å². The maximum absolute atomic E-state index is 11.4. The molecule has 4 nitrogen and oxygen atoms in total. The average molecular weight is 307 g/mol. The number of benzene rings is 1. The zero-order valence-corrected chi connectivity index (χ0v) is 12.4. The van der Waals surface area contributed by atoms with Gasteiger partial charge in [0.05, 0.1) is 6.10 Å².